The largest absolute Gasteiger partial charge is 0.390 e. The fourth-order valence-electron chi connectivity index (χ4n) is 2.86. The molecule has 2 fully saturated rings. The van der Waals surface area contributed by atoms with E-state index in [-0.39, 0.29) is 30.5 Å². The minimum atomic E-state index is -4.12. The number of guanidine groups is 1. The van der Waals surface area contributed by atoms with Crippen LogP contribution in [0.5, 0.6) is 0 Å². The van der Waals surface area contributed by atoms with Gasteiger partial charge in [0.25, 0.3) is 0 Å². The first-order chi connectivity index (χ1) is 8.95. The fourth-order valence-corrected chi connectivity index (χ4v) is 2.86. The molecule has 7 heteroatoms. The van der Waals surface area contributed by atoms with Gasteiger partial charge in [0.15, 0.2) is 5.96 Å². The Kier molecular flexibility index (Phi) is 6.40. The standard InChI is InChI=1S/C13H22F3N3.HI/c1-17-11(18-8-7-13(14,15)16)19-9-12(5-2-6-12)10-3-4-10;/h10H,2-9H2,1H3,(H2,17,18,19);1H. The lowest BCUT2D eigenvalue weighted by Crippen LogP contribution is -2.47. The number of nitrogens with one attached hydrogen (secondary N) is 2. The monoisotopic (exact) mass is 405 g/mol. The van der Waals surface area contributed by atoms with Gasteiger partial charge < -0.3 is 10.6 Å². The zero-order valence-corrected chi connectivity index (χ0v) is 14.1. The Hall–Kier alpha value is -0.210. The predicted octanol–water partition coefficient (Wildman–Crippen LogP) is 3.30. The summed E-state index contributed by atoms with van der Waals surface area (Å²) in [5, 5.41) is 5.92. The van der Waals surface area contributed by atoms with Gasteiger partial charge in [-0.3, -0.25) is 4.99 Å². The number of hydrogen-bond donors (Lipinski definition) is 2. The first-order valence-corrected chi connectivity index (χ1v) is 6.96. The molecule has 0 bridgehead atoms. The van der Waals surface area contributed by atoms with Crippen molar-refractivity contribution in [3.63, 3.8) is 0 Å². The van der Waals surface area contributed by atoms with Crippen molar-refractivity contribution in [1.82, 2.24) is 10.6 Å². The van der Waals surface area contributed by atoms with Gasteiger partial charge in [-0.05, 0) is 37.0 Å². The van der Waals surface area contributed by atoms with Gasteiger partial charge in [0.05, 0.1) is 6.42 Å². The number of hydrogen-bond acceptors (Lipinski definition) is 1. The van der Waals surface area contributed by atoms with Crippen molar-refractivity contribution in [1.29, 1.82) is 0 Å². The van der Waals surface area contributed by atoms with Crippen LogP contribution in [-0.2, 0) is 0 Å². The molecule has 2 aliphatic rings. The Bertz CT molecular complexity index is 336. The van der Waals surface area contributed by atoms with Crippen LogP contribution < -0.4 is 10.6 Å². The van der Waals surface area contributed by atoms with Crippen LogP contribution in [0.2, 0.25) is 0 Å². The van der Waals surface area contributed by atoms with Crippen molar-refractivity contribution in [2.75, 3.05) is 20.1 Å². The van der Waals surface area contributed by atoms with Crippen LogP contribution in [0.3, 0.4) is 0 Å². The average Bonchev–Trinajstić information content (AvgIpc) is 3.08. The molecule has 0 unspecified atom stereocenters. The summed E-state index contributed by atoms with van der Waals surface area (Å²) in [6.07, 6.45) is 1.42. The van der Waals surface area contributed by atoms with E-state index in [1.165, 1.54) is 32.1 Å². The smallest absolute Gasteiger partial charge is 0.356 e. The normalized spacial score (nSPS) is 21.7. The van der Waals surface area contributed by atoms with Crippen molar-refractivity contribution in [2.24, 2.45) is 16.3 Å². The molecule has 118 valence electrons. The molecule has 2 N–H and O–H groups in total. The highest BCUT2D eigenvalue weighted by atomic mass is 127. The number of aliphatic imine (C=N–C) groups is 1. The minimum Gasteiger partial charge on any atom is -0.356 e. The lowest BCUT2D eigenvalue weighted by atomic mass is 9.65. The maximum Gasteiger partial charge on any atom is 0.390 e. The zero-order chi connectivity index (χ0) is 13.9. The van der Waals surface area contributed by atoms with Crippen molar-refractivity contribution in [3.05, 3.63) is 0 Å². The molecule has 3 nitrogen and oxygen atoms in total. The van der Waals surface area contributed by atoms with Crippen LogP contribution in [0.25, 0.3) is 0 Å². The molecule has 0 amide bonds. The summed E-state index contributed by atoms with van der Waals surface area (Å²) in [5.74, 6) is 1.30. The van der Waals surface area contributed by atoms with Crippen molar-refractivity contribution in [2.45, 2.75) is 44.7 Å². The van der Waals surface area contributed by atoms with Gasteiger partial charge in [0.1, 0.15) is 0 Å². The molecule has 0 aromatic heterocycles. The van der Waals surface area contributed by atoms with E-state index in [0.29, 0.717) is 11.4 Å². The molecule has 0 aliphatic heterocycles. The first kappa shape index (κ1) is 17.8. The van der Waals surface area contributed by atoms with Crippen LogP contribution in [0.15, 0.2) is 4.99 Å². The van der Waals surface area contributed by atoms with E-state index in [4.69, 9.17) is 0 Å². The summed E-state index contributed by atoms with van der Waals surface area (Å²) in [4.78, 5) is 3.98. The Balaban J connectivity index is 0.00000200. The van der Waals surface area contributed by atoms with Crippen molar-refractivity contribution < 1.29 is 13.2 Å². The molecule has 0 aromatic carbocycles. The van der Waals surface area contributed by atoms with Crippen LogP contribution >= 0.6 is 24.0 Å². The summed E-state index contributed by atoms with van der Waals surface area (Å²) in [7, 11) is 1.59. The molecule has 0 saturated heterocycles. The second-order valence-electron chi connectivity index (χ2n) is 5.71. The average molecular weight is 405 g/mol. The first-order valence-electron chi connectivity index (χ1n) is 6.96. The lowest BCUT2D eigenvalue weighted by molar-refractivity contribution is -0.132. The van der Waals surface area contributed by atoms with Crippen LogP contribution in [0.4, 0.5) is 13.2 Å². The van der Waals surface area contributed by atoms with E-state index in [1.807, 2.05) is 0 Å². The van der Waals surface area contributed by atoms with E-state index in [2.05, 4.69) is 15.6 Å². The topological polar surface area (TPSA) is 36.4 Å². The highest BCUT2D eigenvalue weighted by Gasteiger charge is 2.48. The van der Waals surface area contributed by atoms with Crippen molar-refractivity contribution >= 4 is 29.9 Å². The van der Waals surface area contributed by atoms with Crippen LogP contribution in [0.1, 0.15) is 38.5 Å². The number of alkyl halides is 3. The van der Waals surface area contributed by atoms with Gasteiger partial charge in [-0.15, -0.1) is 24.0 Å². The molecule has 20 heavy (non-hydrogen) atoms. The second-order valence-corrected chi connectivity index (χ2v) is 5.71. The molecule has 0 heterocycles. The Labute approximate surface area is 135 Å². The number of rotatable bonds is 5. The maximum absolute atomic E-state index is 12.1. The van der Waals surface area contributed by atoms with Gasteiger partial charge in [0, 0.05) is 20.1 Å². The van der Waals surface area contributed by atoms with E-state index < -0.39 is 12.6 Å². The van der Waals surface area contributed by atoms with E-state index >= 15 is 0 Å². The highest BCUT2D eigenvalue weighted by Crippen LogP contribution is 2.56. The third-order valence-electron chi connectivity index (χ3n) is 4.33. The quantitative estimate of drug-likeness (QED) is 0.419. The number of nitrogens with zero attached hydrogens (tertiary/aromatic N) is 1. The summed E-state index contributed by atoms with van der Waals surface area (Å²) in [6.45, 7) is 0.711. The molecule has 2 rings (SSSR count). The fraction of sp³-hybridized carbons (Fsp3) is 0.923. The van der Waals surface area contributed by atoms with Crippen LogP contribution in [0, 0.1) is 11.3 Å². The summed E-state index contributed by atoms with van der Waals surface area (Å²) in [6, 6.07) is 0. The van der Waals surface area contributed by atoms with Gasteiger partial charge in [-0.2, -0.15) is 13.2 Å². The minimum absolute atomic E-state index is 0. The molecule has 2 aliphatic carbocycles. The third kappa shape index (κ3) is 4.96. The molecule has 0 radical (unpaired) electrons. The SMILES string of the molecule is CN=C(NCCC(F)(F)F)NCC1(C2CC2)CCC1.I. The molecular weight excluding hydrogens is 382 g/mol. The van der Waals surface area contributed by atoms with Gasteiger partial charge >= 0.3 is 6.18 Å². The predicted molar refractivity (Wildman–Crippen MR) is 84.5 cm³/mol. The van der Waals surface area contributed by atoms with E-state index in [0.717, 1.165) is 12.5 Å². The lowest BCUT2D eigenvalue weighted by Gasteiger charge is -2.43. The zero-order valence-electron chi connectivity index (χ0n) is 11.7. The highest BCUT2D eigenvalue weighted by molar-refractivity contribution is 14.0. The second kappa shape index (κ2) is 7.17. The number of halogens is 4. The molecule has 0 aromatic rings. The van der Waals surface area contributed by atoms with Gasteiger partial charge in [-0.25, -0.2) is 0 Å². The molecular formula is C13H23F3IN3. The molecule has 0 spiro atoms. The van der Waals surface area contributed by atoms with Crippen molar-refractivity contribution in [3.8, 4) is 0 Å². The Morgan fingerprint density at radius 2 is 1.90 bits per heavy atom. The van der Waals surface area contributed by atoms with E-state index in [1.54, 1.807) is 7.05 Å². The van der Waals surface area contributed by atoms with E-state index in [9.17, 15) is 13.2 Å². The molecule has 2 saturated carbocycles. The Morgan fingerprint density at radius 1 is 1.25 bits per heavy atom. The summed E-state index contributed by atoms with van der Waals surface area (Å²) in [5.41, 5.74) is 0.391. The Morgan fingerprint density at radius 3 is 2.30 bits per heavy atom. The van der Waals surface area contributed by atoms with Gasteiger partial charge in [0.2, 0.25) is 0 Å². The summed E-state index contributed by atoms with van der Waals surface area (Å²) >= 11 is 0. The third-order valence-corrected chi connectivity index (χ3v) is 4.33. The van der Waals surface area contributed by atoms with Gasteiger partial charge in [-0.1, -0.05) is 6.42 Å². The maximum atomic E-state index is 12.1. The molecule has 0 atom stereocenters. The summed E-state index contributed by atoms with van der Waals surface area (Å²) < 4.78 is 36.2. The van der Waals surface area contributed by atoms with Crippen LogP contribution in [-0.4, -0.2) is 32.3 Å².